The monoisotopic (exact) mass is 627 g/mol. The van der Waals surface area contributed by atoms with Crippen LogP contribution in [-0.2, 0) is 0 Å². The van der Waals surface area contributed by atoms with Crippen LogP contribution in [0.2, 0.25) is 0 Å². The Bertz CT molecular complexity index is 2050. The van der Waals surface area contributed by atoms with Crippen molar-refractivity contribution < 1.29 is 0 Å². The summed E-state index contributed by atoms with van der Waals surface area (Å²) in [6.45, 7) is 0. The predicted octanol–water partition coefficient (Wildman–Crippen LogP) is 12.3. The van der Waals surface area contributed by atoms with Gasteiger partial charge in [-0.15, -0.1) is 0 Å². The van der Waals surface area contributed by atoms with E-state index in [0.717, 1.165) is 61.8 Å². The lowest BCUT2D eigenvalue weighted by molar-refractivity contribution is 1.27. The summed E-state index contributed by atoms with van der Waals surface area (Å²) in [5, 5.41) is 0. The SMILES string of the molecule is c1ccc(-c2ccc(N(c3cc(-c4ccccc4)cc(-c4ccccn4)c3)c3cc(-c4ccccc4)cc(-c4ccccn4)c3)cc2)cc1. The molecule has 49 heavy (non-hydrogen) atoms. The molecule has 2 heterocycles. The summed E-state index contributed by atoms with van der Waals surface area (Å²) in [5.74, 6) is 0. The van der Waals surface area contributed by atoms with Crippen molar-refractivity contribution >= 4 is 17.1 Å². The molecule has 8 rings (SSSR count). The Kier molecular flexibility index (Phi) is 8.30. The van der Waals surface area contributed by atoms with Crippen LogP contribution in [0.5, 0.6) is 0 Å². The topological polar surface area (TPSA) is 29.0 Å². The second-order valence-corrected chi connectivity index (χ2v) is 11.9. The zero-order valence-electron chi connectivity index (χ0n) is 26.9. The van der Waals surface area contributed by atoms with Crippen LogP contribution in [0.15, 0.2) is 200 Å². The highest BCUT2D eigenvalue weighted by molar-refractivity contribution is 5.88. The number of aromatic nitrogens is 2. The first-order valence-electron chi connectivity index (χ1n) is 16.5. The zero-order valence-corrected chi connectivity index (χ0v) is 26.9. The molecule has 0 N–H and O–H groups in total. The van der Waals surface area contributed by atoms with E-state index >= 15 is 0 Å². The van der Waals surface area contributed by atoms with Gasteiger partial charge in [0.1, 0.15) is 0 Å². The molecule has 232 valence electrons. The standard InChI is InChI=1S/C46H33N3/c1-4-14-34(15-5-1)37-22-24-42(25-23-37)49(43-30-38(35-16-6-2-7-17-35)28-40(32-43)45-20-10-12-26-47-45)44-31-39(36-18-8-3-9-19-36)29-41(33-44)46-21-11-13-27-48-46/h1-33H. The maximum Gasteiger partial charge on any atom is 0.0702 e. The smallest absolute Gasteiger partial charge is 0.0702 e. The van der Waals surface area contributed by atoms with Crippen LogP contribution in [0.3, 0.4) is 0 Å². The van der Waals surface area contributed by atoms with Crippen molar-refractivity contribution in [3.05, 3.63) is 200 Å². The number of anilines is 3. The van der Waals surface area contributed by atoms with Crippen molar-refractivity contribution in [1.82, 2.24) is 9.97 Å². The fraction of sp³-hybridized carbons (Fsp3) is 0. The Balaban J connectivity index is 1.38. The van der Waals surface area contributed by atoms with Gasteiger partial charge in [0, 0.05) is 40.6 Å². The largest absolute Gasteiger partial charge is 0.310 e. The van der Waals surface area contributed by atoms with Crippen molar-refractivity contribution in [3.63, 3.8) is 0 Å². The fourth-order valence-corrected chi connectivity index (χ4v) is 6.32. The molecule has 0 bridgehead atoms. The molecule has 0 aliphatic carbocycles. The summed E-state index contributed by atoms with van der Waals surface area (Å²) in [7, 11) is 0. The van der Waals surface area contributed by atoms with Crippen molar-refractivity contribution in [2.45, 2.75) is 0 Å². The molecule has 6 aromatic carbocycles. The van der Waals surface area contributed by atoms with Gasteiger partial charge in [-0.2, -0.15) is 0 Å². The Morgan fingerprint density at radius 3 is 1.04 bits per heavy atom. The summed E-state index contributed by atoms with van der Waals surface area (Å²) in [6, 6.07) is 66.1. The first-order valence-corrected chi connectivity index (χ1v) is 16.5. The molecule has 2 aromatic heterocycles. The Morgan fingerprint density at radius 1 is 0.265 bits per heavy atom. The normalized spacial score (nSPS) is 10.9. The molecule has 0 unspecified atom stereocenters. The third-order valence-electron chi connectivity index (χ3n) is 8.72. The fourth-order valence-electron chi connectivity index (χ4n) is 6.32. The summed E-state index contributed by atoms with van der Waals surface area (Å²) < 4.78 is 0. The summed E-state index contributed by atoms with van der Waals surface area (Å²) >= 11 is 0. The highest BCUT2D eigenvalue weighted by Gasteiger charge is 2.19. The molecule has 0 fully saturated rings. The van der Waals surface area contributed by atoms with Gasteiger partial charge in [0.2, 0.25) is 0 Å². The molecule has 0 amide bonds. The van der Waals surface area contributed by atoms with Gasteiger partial charge in [-0.05, 0) is 106 Å². The van der Waals surface area contributed by atoms with Crippen LogP contribution in [0.4, 0.5) is 17.1 Å². The lowest BCUT2D eigenvalue weighted by Crippen LogP contribution is -2.11. The molecule has 3 heteroatoms. The van der Waals surface area contributed by atoms with E-state index in [1.54, 1.807) is 0 Å². The van der Waals surface area contributed by atoms with Gasteiger partial charge in [-0.3, -0.25) is 9.97 Å². The molecule has 0 aliphatic rings. The molecule has 0 atom stereocenters. The maximum atomic E-state index is 4.76. The van der Waals surface area contributed by atoms with E-state index in [0.29, 0.717) is 0 Å². The minimum atomic E-state index is 0.924. The molecular weight excluding hydrogens is 595 g/mol. The molecule has 3 nitrogen and oxygen atoms in total. The number of hydrogen-bond donors (Lipinski definition) is 0. The number of benzene rings is 6. The van der Waals surface area contributed by atoms with Crippen LogP contribution in [0, 0.1) is 0 Å². The van der Waals surface area contributed by atoms with Crippen molar-refractivity contribution in [2.24, 2.45) is 0 Å². The van der Waals surface area contributed by atoms with E-state index in [2.05, 4.69) is 169 Å². The van der Waals surface area contributed by atoms with Crippen molar-refractivity contribution in [3.8, 4) is 55.9 Å². The van der Waals surface area contributed by atoms with Gasteiger partial charge in [0.15, 0.2) is 0 Å². The Labute approximate surface area is 287 Å². The summed E-state index contributed by atoms with van der Waals surface area (Å²) in [6.07, 6.45) is 3.71. The Hall–Kier alpha value is -6.58. The number of nitrogens with zero attached hydrogens (tertiary/aromatic N) is 3. The average Bonchev–Trinajstić information content (AvgIpc) is 3.20. The first-order chi connectivity index (χ1) is 24.3. The number of hydrogen-bond acceptors (Lipinski definition) is 3. The van der Waals surface area contributed by atoms with Crippen LogP contribution >= 0.6 is 0 Å². The van der Waals surface area contributed by atoms with E-state index < -0.39 is 0 Å². The highest BCUT2D eigenvalue weighted by atomic mass is 15.1. The number of rotatable bonds is 8. The van der Waals surface area contributed by atoms with E-state index in [-0.39, 0.29) is 0 Å². The summed E-state index contributed by atoms with van der Waals surface area (Å²) in [4.78, 5) is 11.9. The first kappa shape index (κ1) is 29.8. The van der Waals surface area contributed by atoms with Crippen LogP contribution in [0.25, 0.3) is 55.9 Å². The lowest BCUT2D eigenvalue weighted by Gasteiger charge is -2.28. The van der Waals surface area contributed by atoms with Gasteiger partial charge >= 0.3 is 0 Å². The van der Waals surface area contributed by atoms with Crippen LogP contribution in [-0.4, -0.2) is 9.97 Å². The second-order valence-electron chi connectivity index (χ2n) is 11.9. The second kappa shape index (κ2) is 13.6. The minimum Gasteiger partial charge on any atom is -0.310 e. The molecule has 8 aromatic rings. The van der Waals surface area contributed by atoms with Gasteiger partial charge in [-0.1, -0.05) is 115 Å². The van der Waals surface area contributed by atoms with E-state index in [1.165, 1.54) is 11.1 Å². The van der Waals surface area contributed by atoms with Crippen molar-refractivity contribution in [1.29, 1.82) is 0 Å². The summed E-state index contributed by atoms with van der Waals surface area (Å²) in [5.41, 5.74) is 14.0. The third kappa shape index (κ3) is 6.51. The Morgan fingerprint density at radius 2 is 0.633 bits per heavy atom. The van der Waals surface area contributed by atoms with E-state index in [9.17, 15) is 0 Å². The van der Waals surface area contributed by atoms with E-state index in [4.69, 9.17) is 9.97 Å². The van der Waals surface area contributed by atoms with Gasteiger partial charge in [0.25, 0.3) is 0 Å². The molecule has 0 aliphatic heterocycles. The number of pyridine rings is 2. The average molecular weight is 628 g/mol. The molecule has 0 radical (unpaired) electrons. The van der Waals surface area contributed by atoms with Crippen molar-refractivity contribution in [2.75, 3.05) is 4.90 Å². The van der Waals surface area contributed by atoms with Gasteiger partial charge in [0.05, 0.1) is 11.4 Å². The van der Waals surface area contributed by atoms with Crippen LogP contribution in [0.1, 0.15) is 0 Å². The molecule has 0 spiro atoms. The molecule has 0 saturated carbocycles. The van der Waals surface area contributed by atoms with Gasteiger partial charge < -0.3 is 4.90 Å². The van der Waals surface area contributed by atoms with E-state index in [1.807, 2.05) is 36.7 Å². The predicted molar refractivity (Wildman–Crippen MR) is 204 cm³/mol. The minimum absolute atomic E-state index is 0.924. The zero-order chi connectivity index (χ0) is 32.8. The lowest BCUT2D eigenvalue weighted by atomic mass is 9.97. The quantitative estimate of drug-likeness (QED) is 0.168. The third-order valence-corrected chi connectivity index (χ3v) is 8.72. The molecule has 0 saturated heterocycles. The van der Waals surface area contributed by atoms with Gasteiger partial charge in [-0.25, -0.2) is 0 Å². The molecular formula is C46H33N3. The maximum absolute atomic E-state index is 4.76. The highest BCUT2D eigenvalue weighted by Crippen LogP contribution is 2.42. The van der Waals surface area contributed by atoms with Crippen LogP contribution < -0.4 is 4.90 Å².